The minimum Gasteiger partial charge on any atom is -0.496 e. The molecule has 0 radical (unpaired) electrons. The molecular weight excluding hydrogens is 415 g/mol. The van der Waals surface area contributed by atoms with Gasteiger partial charge in [-0.25, -0.2) is 12.8 Å². The molecule has 0 spiro atoms. The van der Waals surface area contributed by atoms with Crippen LogP contribution in [0.4, 0.5) is 10.1 Å². The maximum atomic E-state index is 13.9. The van der Waals surface area contributed by atoms with E-state index in [1.807, 2.05) is 0 Å². The molecule has 0 saturated heterocycles. The number of methoxy groups -OCH3 is 1. The van der Waals surface area contributed by atoms with Crippen LogP contribution in [0.15, 0.2) is 45.8 Å². The van der Waals surface area contributed by atoms with Gasteiger partial charge in [0.25, 0.3) is 15.9 Å². The molecule has 6 nitrogen and oxygen atoms in total. The number of carbonyl (C=O) groups is 1. The maximum absolute atomic E-state index is 13.9. The first-order valence-corrected chi connectivity index (χ1v) is 9.50. The second kappa shape index (κ2) is 7.83. The van der Waals surface area contributed by atoms with Crippen molar-refractivity contribution in [2.75, 3.05) is 18.4 Å². The quantitative estimate of drug-likeness (QED) is 0.736. The third-order valence-corrected chi connectivity index (χ3v) is 5.10. The molecule has 0 aliphatic heterocycles. The van der Waals surface area contributed by atoms with Crippen molar-refractivity contribution < 1.29 is 22.3 Å². The van der Waals surface area contributed by atoms with E-state index in [4.69, 9.17) is 4.74 Å². The Morgan fingerprint density at radius 1 is 1.24 bits per heavy atom. The van der Waals surface area contributed by atoms with E-state index >= 15 is 0 Å². The fourth-order valence-electron chi connectivity index (χ4n) is 2.06. The van der Waals surface area contributed by atoms with E-state index in [0.29, 0.717) is 11.0 Å². The summed E-state index contributed by atoms with van der Waals surface area (Å²) in [5.41, 5.74) is -0.123. The van der Waals surface area contributed by atoms with Crippen molar-refractivity contribution in [1.82, 2.24) is 5.32 Å². The molecule has 0 atom stereocenters. The number of anilines is 1. The van der Waals surface area contributed by atoms with Crippen LogP contribution in [0.5, 0.6) is 5.75 Å². The molecule has 2 aromatic rings. The lowest BCUT2D eigenvalue weighted by Crippen LogP contribution is -2.24. The lowest BCUT2D eigenvalue weighted by molar-refractivity contribution is 0.0952. The van der Waals surface area contributed by atoms with Crippen molar-refractivity contribution in [3.8, 4) is 5.75 Å². The summed E-state index contributed by atoms with van der Waals surface area (Å²) < 4.78 is 46.6. The zero-order chi connectivity index (χ0) is 18.6. The Bertz CT molecular complexity index is 903. The second-order valence-corrected chi connectivity index (χ2v) is 7.55. The van der Waals surface area contributed by atoms with Crippen LogP contribution >= 0.6 is 15.9 Å². The highest BCUT2D eigenvalue weighted by Gasteiger charge is 2.21. The average molecular weight is 431 g/mol. The molecular formula is C16H16BrFN2O4S. The van der Waals surface area contributed by atoms with Gasteiger partial charge in [-0.15, -0.1) is 0 Å². The number of amides is 1. The highest BCUT2D eigenvalue weighted by Crippen LogP contribution is 2.26. The molecule has 2 rings (SSSR count). The van der Waals surface area contributed by atoms with Crippen LogP contribution in [-0.4, -0.2) is 28.0 Å². The lowest BCUT2D eigenvalue weighted by atomic mass is 10.2. The highest BCUT2D eigenvalue weighted by atomic mass is 79.9. The molecule has 0 heterocycles. The molecule has 0 saturated carbocycles. The van der Waals surface area contributed by atoms with Gasteiger partial charge in [0, 0.05) is 11.0 Å². The minimum atomic E-state index is -4.09. The topological polar surface area (TPSA) is 84.5 Å². The summed E-state index contributed by atoms with van der Waals surface area (Å²) in [4.78, 5) is 11.9. The smallest absolute Gasteiger partial charge is 0.262 e. The first kappa shape index (κ1) is 19.2. The molecule has 9 heteroatoms. The standard InChI is InChI=1S/C16H16BrFN2O4S/c1-3-19-16(21)12-9-11(5-7-15(12)24-2)25(22,23)20-14-6-4-10(17)8-13(14)18/h4-9,20H,3H2,1-2H3,(H,19,21). The van der Waals surface area contributed by atoms with Gasteiger partial charge in [0.05, 0.1) is 23.3 Å². The van der Waals surface area contributed by atoms with Crippen LogP contribution in [-0.2, 0) is 10.0 Å². The van der Waals surface area contributed by atoms with E-state index in [-0.39, 0.29) is 21.9 Å². The number of hydrogen-bond acceptors (Lipinski definition) is 4. The molecule has 2 N–H and O–H groups in total. The highest BCUT2D eigenvalue weighted by molar-refractivity contribution is 9.10. The van der Waals surface area contributed by atoms with Crippen LogP contribution in [0.3, 0.4) is 0 Å². The summed E-state index contributed by atoms with van der Waals surface area (Å²) in [7, 11) is -2.71. The Hall–Kier alpha value is -2.13. The van der Waals surface area contributed by atoms with Crippen LogP contribution in [0.1, 0.15) is 17.3 Å². The predicted molar refractivity (Wildman–Crippen MR) is 95.9 cm³/mol. The van der Waals surface area contributed by atoms with Gasteiger partial charge in [-0.2, -0.15) is 0 Å². The molecule has 0 aromatic heterocycles. The number of nitrogens with one attached hydrogen (secondary N) is 2. The summed E-state index contributed by atoms with van der Waals surface area (Å²) >= 11 is 3.10. The fraction of sp³-hybridized carbons (Fsp3) is 0.188. The number of rotatable bonds is 6. The first-order valence-electron chi connectivity index (χ1n) is 7.22. The van der Waals surface area contributed by atoms with Crippen molar-refractivity contribution in [2.45, 2.75) is 11.8 Å². The zero-order valence-corrected chi connectivity index (χ0v) is 15.9. The van der Waals surface area contributed by atoms with Crippen LogP contribution < -0.4 is 14.8 Å². The van der Waals surface area contributed by atoms with Gasteiger partial charge < -0.3 is 10.1 Å². The monoisotopic (exact) mass is 430 g/mol. The number of ether oxygens (including phenoxy) is 1. The molecule has 1 amide bonds. The van der Waals surface area contributed by atoms with E-state index in [0.717, 1.165) is 6.07 Å². The zero-order valence-electron chi connectivity index (χ0n) is 13.5. The summed E-state index contributed by atoms with van der Waals surface area (Å²) in [6.45, 7) is 2.12. The number of benzene rings is 2. The Balaban J connectivity index is 2.42. The first-order chi connectivity index (χ1) is 11.8. The van der Waals surface area contributed by atoms with E-state index in [1.54, 1.807) is 6.92 Å². The van der Waals surface area contributed by atoms with Gasteiger partial charge in [-0.05, 0) is 43.3 Å². The van der Waals surface area contributed by atoms with Gasteiger partial charge in [0.2, 0.25) is 0 Å². The average Bonchev–Trinajstić information content (AvgIpc) is 2.57. The van der Waals surface area contributed by atoms with E-state index in [2.05, 4.69) is 26.0 Å². The number of carbonyl (C=O) groups excluding carboxylic acids is 1. The molecule has 134 valence electrons. The van der Waals surface area contributed by atoms with Crippen molar-refractivity contribution in [2.24, 2.45) is 0 Å². The second-order valence-electron chi connectivity index (χ2n) is 4.95. The number of sulfonamides is 1. The van der Waals surface area contributed by atoms with Crippen LogP contribution in [0, 0.1) is 5.82 Å². The Kier molecular flexibility index (Phi) is 6.02. The third kappa shape index (κ3) is 4.49. The van der Waals surface area contributed by atoms with E-state index in [1.165, 1.54) is 37.4 Å². The summed E-state index contributed by atoms with van der Waals surface area (Å²) in [6, 6.07) is 7.78. The van der Waals surface area contributed by atoms with E-state index < -0.39 is 21.7 Å². The lowest BCUT2D eigenvalue weighted by Gasteiger charge is -2.13. The molecule has 25 heavy (non-hydrogen) atoms. The fourth-order valence-corrected chi connectivity index (χ4v) is 3.49. The van der Waals surface area contributed by atoms with Gasteiger partial charge in [0.1, 0.15) is 11.6 Å². The summed E-state index contributed by atoms with van der Waals surface area (Å²) in [5, 5.41) is 2.58. The van der Waals surface area contributed by atoms with Crippen LogP contribution in [0.25, 0.3) is 0 Å². The third-order valence-electron chi connectivity index (χ3n) is 3.24. The SMILES string of the molecule is CCNC(=O)c1cc(S(=O)(=O)Nc2ccc(Br)cc2F)ccc1OC. The molecule has 0 bridgehead atoms. The largest absolute Gasteiger partial charge is 0.496 e. The van der Waals surface area contributed by atoms with Crippen molar-refractivity contribution in [3.63, 3.8) is 0 Å². The van der Waals surface area contributed by atoms with Crippen molar-refractivity contribution in [3.05, 3.63) is 52.3 Å². The van der Waals surface area contributed by atoms with Gasteiger partial charge >= 0.3 is 0 Å². The molecule has 0 aliphatic carbocycles. The van der Waals surface area contributed by atoms with Gasteiger partial charge in [-0.3, -0.25) is 9.52 Å². The Morgan fingerprint density at radius 3 is 2.56 bits per heavy atom. The Morgan fingerprint density at radius 2 is 1.96 bits per heavy atom. The summed E-state index contributed by atoms with van der Waals surface area (Å²) in [5.74, 6) is -0.957. The minimum absolute atomic E-state index is 0.0727. The molecule has 0 unspecified atom stereocenters. The summed E-state index contributed by atoms with van der Waals surface area (Å²) in [6.07, 6.45) is 0. The molecule has 0 aliphatic rings. The number of hydrogen-bond donors (Lipinski definition) is 2. The predicted octanol–water partition coefficient (Wildman–Crippen LogP) is 3.15. The normalized spacial score (nSPS) is 11.0. The van der Waals surface area contributed by atoms with E-state index in [9.17, 15) is 17.6 Å². The molecule has 0 fully saturated rings. The van der Waals surface area contributed by atoms with Crippen LogP contribution in [0.2, 0.25) is 0 Å². The van der Waals surface area contributed by atoms with Crippen molar-refractivity contribution >= 4 is 37.5 Å². The maximum Gasteiger partial charge on any atom is 0.262 e. The molecule has 2 aromatic carbocycles. The van der Waals surface area contributed by atoms with Crippen molar-refractivity contribution in [1.29, 1.82) is 0 Å². The van der Waals surface area contributed by atoms with Gasteiger partial charge in [-0.1, -0.05) is 15.9 Å². The number of halogens is 2. The van der Waals surface area contributed by atoms with Gasteiger partial charge in [0.15, 0.2) is 0 Å². The Labute approximate surface area is 153 Å².